The fourth-order valence-electron chi connectivity index (χ4n) is 2.80. The number of rotatable bonds is 4. The van der Waals surface area contributed by atoms with Crippen LogP contribution < -0.4 is 0 Å². The summed E-state index contributed by atoms with van der Waals surface area (Å²) in [7, 11) is 1.73. The van der Waals surface area contributed by atoms with Crippen molar-refractivity contribution in [3.8, 4) is 0 Å². The molecule has 2 rings (SSSR count). The first kappa shape index (κ1) is 18.5. The van der Waals surface area contributed by atoms with Crippen LogP contribution in [0, 0.1) is 6.92 Å². The molecule has 1 aliphatic rings. The predicted octanol–water partition coefficient (Wildman–Crippen LogP) is 2.73. The number of carbonyl (C=O) groups is 2. The third-order valence-corrected chi connectivity index (χ3v) is 4.59. The standard InChI is InChI=1S/C17H24ClN3O3/c1-12-14(16(18)20(3)19-12)8-9-15(22)24-13(2)17(23)21-10-6-4-5-7-11-21/h8-9,13H,4-7,10-11H2,1-3H3/b9-8+. The van der Waals surface area contributed by atoms with Gasteiger partial charge in [-0.2, -0.15) is 5.10 Å². The van der Waals surface area contributed by atoms with Crippen molar-refractivity contribution in [1.82, 2.24) is 14.7 Å². The molecule has 0 radical (unpaired) electrons. The van der Waals surface area contributed by atoms with Crippen LogP contribution >= 0.6 is 11.6 Å². The lowest BCUT2D eigenvalue weighted by atomic mass is 10.2. The van der Waals surface area contributed by atoms with Gasteiger partial charge >= 0.3 is 5.97 Å². The Bertz CT molecular complexity index is 631. The molecule has 132 valence electrons. The molecule has 7 heteroatoms. The summed E-state index contributed by atoms with van der Waals surface area (Å²) < 4.78 is 6.76. The van der Waals surface area contributed by atoms with Crippen molar-refractivity contribution in [2.45, 2.75) is 45.6 Å². The molecule has 1 saturated heterocycles. The molecule has 0 aromatic carbocycles. The molecule has 1 aromatic heterocycles. The molecule has 0 aliphatic carbocycles. The SMILES string of the molecule is Cc1nn(C)c(Cl)c1/C=C/C(=O)OC(C)C(=O)N1CCCCCC1. The molecule has 1 atom stereocenters. The maximum atomic E-state index is 12.4. The lowest BCUT2D eigenvalue weighted by molar-refractivity contribution is -0.155. The second-order valence-corrected chi connectivity index (χ2v) is 6.42. The molecule has 1 fully saturated rings. The van der Waals surface area contributed by atoms with E-state index in [-0.39, 0.29) is 5.91 Å². The maximum Gasteiger partial charge on any atom is 0.331 e. The first-order chi connectivity index (χ1) is 11.4. The topological polar surface area (TPSA) is 64.4 Å². The van der Waals surface area contributed by atoms with Gasteiger partial charge < -0.3 is 9.64 Å². The minimum absolute atomic E-state index is 0.130. The number of aryl methyl sites for hydroxylation is 2. The van der Waals surface area contributed by atoms with E-state index in [1.165, 1.54) is 10.8 Å². The monoisotopic (exact) mass is 353 g/mol. The molecule has 2 heterocycles. The van der Waals surface area contributed by atoms with Gasteiger partial charge in [-0.1, -0.05) is 24.4 Å². The average Bonchev–Trinajstić information content (AvgIpc) is 2.76. The van der Waals surface area contributed by atoms with Crippen molar-refractivity contribution in [3.05, 3.63) is 22.5 Å². The summed E-state index contributed by atoms with van der Waals surface area (Å²) in [5.74, 6) is -0.695. The maximum absolute atomic E-state index is 12.4. The first-order valence-electron chi connectivity index (χ1n) is 8.26. The molecule has 0 spiro atoms. The van der Waals surface area contributed by atoms with Crippen molar-refractivity contribution in [2.24, 2.45) is 7.05 Å². The summed E-state index contributed by atoms with van der Waals surface area (Å²) in [6.45, 7) is 4.89. The molecule has 24 heavy (non-hydrogen) atoms. The number of nitrogens with zero attached hydrogens (tertiary/aromatic N) is 3. The lowest BCUT2D eigenvalue weighted by Crippen LogP contribution is -2.40. The van der Waals surface area contributed by atoms with Crippen LogP contribution in [-0.2, 0) is 21.4 Å². The number of esters is 1. The highest BCUT2D eigenvalue weighted by atomic mass is 35.5. The third-order valence-electron chi connectivity index (χ3n) is 4.14. The van der Waals surface area contributed by atoms with E-state index in [2.05, 4.69) is 5.10 Å². The summed E-state index contributed by atoms with van der Waals surface area (Å²) in [5, 5.41) is 4.62. The molecule has 0 bridgehead atoms. The van der Waals surface area contributed by atoms with E-state index in [0.717, 1.165) is 44.5 Å². The van der Waals surface area contributed by atoms with Crippen LogP contribution in [0.15, 0.2) is 6.08 Å². The van der Waals surface area contributed by atoms with Gasteiger partial charge in [0.1, 0.15) is 5.15 Å². The van der Waals surface area contributed by atoms with Crippen LogP contribution in [0.1, 0.15) is 43.9 Å². The third kappa shape index (κ3) is 4.60. The Labute approximate surface area is 147 Å². The smallest absolute Gasteiger partial charge is 0.331 e. The number of amides is 1. The van der Waals surface area contributed by atoms with Crippen molar-refractivity contribution in [1.29, 1.82) is 0 Å². The molecule has 1 amide bonds. The number of carbonyl (C=O) groups excluding carboxylic acids is 2. The van der Waals surface area contributed by atoms with Crippen LogP contribution in [0.4, 0.5) is 0 Å². The van der Waals surface area contributed by atoms with Crippen molar-refractivity contribution in [3.63, 3.8) is 0 Å². The number of hydrogen-bond donors (Lipinski definition) is 0. The summed E-state index contributed by atoms with van der Waals surface area (Å²) in [4.78, 5) is 26.1. The van der Waals surface area contributed by atoms with E-state index >= 15 is 0 Å². The molecule has 0 saturated carbocycles. The van der Waals surface area contributed by atoms with Gasteiger partial charge in [0.25, 0.3) is 5.91 Å². The fourth-order valence-corrected chi connectivity index (χ4v) is 3.04. The van der Waals surface area contributed by atoms with Gasteiger partial charge in [0, 0.05) is 31.8 Å². The molecular weight excluding hydrogens is 330 g/mol. The Kier molecular flexibility index (Phi) is 6.43. The second-order valence-electron chi connectivity index (χ2n) is 6.07. The predicted molar refractivity (Wildman–Crippen MR) is 92.6 cm³/mol. The lowest BCUT2D eigenvalue weighted by Gasteiger charge is -2.23. The Morgan fingerprint density at radius 1 is 1.25 bits per heavy atom. The molecule has 1 unspecified atom stereocenters. The quantitative estimate of drug-likeness (QED) is 0.616. The number of aromatic nitrogens is 2. The van der Waals surface area contributed by atoms with E-state index < -0.39 is 12.1 Å². The van der Waals surface area contributed by atoms with Crippen molar-refractivity contribution < 1.29 is 14.3 Å². The Morgan fingerprint density at radius 3 is 2.42 bits per heavy atom. The van der Waals surface area contributed by atoms with Gasteiger partial charge in [-0.25, -0.2) is 4.79 Å². The van der Waals surface area contributed by atoms with Gasteiger partial charge in [0.05, 0.1) is 5.69 Å². The van der Waals surface area contributed by atoms with Crippen LogP contribution in [-0.4, -0.2) is 45.8 Å². The summed E-state index contributed by atoms with van der Waals surface area (Å²) in [5.41, 5.74) is 1.39. The van der Waals surface area contributed by atoms with E-state index in [1.807, 2.05) is 6.92 Å². The van der Waals surface area contributed by atoms with Crippen molar-refractivity contribution >= 4 is 29.6 Å². The molecule has 6 nitrogen and oxygen atoms in total. The van der Waals surface area contributed by atoms with Crippen LogP contribution in [0.2, 0.25) is 5.15 Å². The van der Waals surface area contributed by atoms with Gasteiger partial charge in [-0.3, -0.25) is 9.48 Å². The number of likely N-dealkylation sites (tertiary alicyclic amines) is 1. The van der Waals surface area contributed by atoms with E-state index in [0.29, 0.717) is 10.7 Å². The number of halogens is 1. The van der Waals surface area contributed by atoms with Crippen LogP contribution in [0.3, 0.4) is 0 Å². The Hall–Kier alpha value is -1.82. The van der Waals surface area contributed by atoms with Gasteiger partial charge in [0.2, 0.25) is 0 Å². The van der Waals surface area contributed by atoms with E-state index in [4.69, 9.17) is 16.3 Å². The normalized spacial score (nSPS) is 16.9. The highest BCUT2D eigenvalue weighted by Crippen LogP contribution is 2.20. The van der Waals surface area contributed by atoms with Crippen LogP contribution in [0.5, 0.6) is 0 Å². The van der Waals surface area contributed by atoms with Crippen molar-refractivity contribution in [2.75, 3.05) is 13.1 Å². The Morgan fingerprint density at radius 2 is 1.88 bits per heavy atom. The highest BCUT2D eigenvalue weighted by molar-refractivity contribution is 6.31. The molecule has 1 aliphatic heterocycles. The number of hydrogen-bond acceptors (Lipinski definition) is 4. The first-order valence-corrected chi connectivity index (χ1v) is 8.64. The zero-order chi connectivity index (χ0) is 17.7. The van der Waals surface area contributed by atoms with Crippen LogP contribution in [0.25, 0.3) is 6.08 Å². The van der Waals surface area contributed by atoms with E-state index in [9.17, 15) is 9.59 Å². The summed E-state index contributed by atoms with van der Waals surface area (Å²) in [6.07, 6.45) is 6.36. The molecule has 1 aromatic rings. The summed E-state index contributed by atoms with van der Waals surface area (Å²) in [6, 6.07) is 0. The highest BCUT2D eigenvalue weighted by Gasteiger charge is 2.23. The zero-order valence-electron chi connectivity index (χ0n) is 14.4. The minimum Gasteiger partial charge on any atom is -0.449 e. The van der Waals surface area contributed by atoms with Gasteiger partial charge in [-0.05, 0) is 32.8 Å². The van der Waals surface area contributed by atoms with E-state index in [1.54, 1.807) is 24.9 Å². The van der Waals surface area contributed by atoms with Gasteiger partial charge in [-0.15, -0.1) is 0 Å². The minimum atomic E-state index is -0.786. The number of ether oxygens (including phenoxy) is 1. The zero-order valence-corrected chi connectivity index (χ0v) is 15.2. The largest absolute Gasteiger partial charge is 0.449 e. The second kappa shape index (κ2) is 8.33. The molecular formula is C17H24ClN3O3. The molecule has 0 N–H and O–H groups in total. The fraction of sp³-hybridized carbons (Fsp3) is 0.588. The van der Waals surface area contributed by atoms with Gasteiger partial charge in [0.15, 0.2) is 6.10 Å². The Balaban J connectivity index is 1.93. The average molecular weight is 354 g/mol. The summed E-state index contributed by atoms with van der Waals surface area (Å²) >= 11 is 6.11.